The highest BCUT2D eigenvalue weighted by atomic mass is 16.5. The molecule has 1 fully saturated rings. The van der Waals surface area contributed by atoms with E-state index >= 15 is 0 Å². The van der Waals surface area contributed by atoms with Crippen LogP contribution in [0, 0.1) is 5.92 Å². The zero-order valence-electron chi connectivity index (χ0n) is 10.9. The molecule has 1 unspecified atom stereocenters. The number of unbranched alkanes of at least 4 members (excludes halogenated alkanes) is 2. The minimum absolute atomic E-state index is 0.353. The minimum Gasteiger partial charge on any atom is -0.372 e. The largest absolute Gasteiger partial charge is 0.372 e. The smallest absolute Gasteiger partial charge is 0.246 e. The molecule has 2 N–H and O–H groups in total. The van der Waals surface area contributed by atoms with Crippen LogP contribution < -0.4 is 5.73 Å². The van der Waals surface area contributed by atoms with E-state index in [0.29, 0.717) is 0 Å². The summed E-state index contributed by atoms with van der Waals surface area (Å²) in [5.74, 6) is 0.473. The van der Waals surface area contributed by atoms with Crippen LogP contribution >= 0.6 is 0 Å². The molecule has 1 aliphatic rings. The molecule has 1 rings (SSSR count). The van der Waals surface area contributed by atoms with Gasteiger partial charge in [-0.2, -0.15) is 0 Å². The average molecular weight is 239 g/mol. The molecule has 1 saturated carbocycles. The normalized spacial score (nSPS) is 18.9. The molecule has 3 heteroatoms. The van der Waals surface area contributed by atoms with Crippen LogP contribution in [0.4, 0.5) is 0 Å². The first kappa shape index (κ1) is 14.2. The molecule has 0 aromatic rings. The Morgan fingerprint density at radius 2 is 2.12 bits per heavy atom. The van der Waals surface area contributed by atoms with Crippen molar-refractivity contribution in [3.63, 3.8) is 0 Å². The van der Waals surface area contributed by atoms with Gasteiger partial charge in [-0.25, -0.2) is 0 Å². The van der Waals surface area contributed by atoms with Gasteiger partial charge in [0.15, 0.2) is 0 Å². The first-order valence-electron chi connectivity index (χ1n) is 6.73. The van der Waals surface area contributed by atoms with Gasteiger partial charge in [0.05, 0.1) is 0 Å². The molecule has 0 saturated heterocycles. The van der Waals surface area contributed by atoms with Gasteiger partial charge in [-0.05, 0) is 38.0 Å². The third-order valence-corrected chi connectivity index (χ3v) is 3.50. The zero-order chi connectivity index (χ0) is 12.5. The Morgan fingerprint density at radius 1 is 1.41 bits per heavy atom. The van der Waals surface area contributed by atoms with Crippen molar-refractivity contribution < 1.29 is 9.53 Å². The second-order valence-electron chi connectivity index (χ2n) is 4.88. The summed E-state index contributed by atoms with van der Waals surface area (Å²) in [5, 5.41) is 0. The molecular formula is C14H25NO2. The molecule has 0 bridgehead atoms. The summed E-state index contributed by atoms with van der Waals surface area (Å²) in [7, 11) is 1.54. The maximum atomic E-state index is 10.9. The van der Waals surface area contributed by atoms with E-state index in [1.165, 1.54) is 32.8 Å². The number of primary amides is 1. The number of carbonyl (C=O) groups is 1. The molecule has 1 atom stereocenters. The van der Waals surface area contributed by atoms with Crippen LogP contribution in [-0.2, 0) is 9.53 Å². The summed E-state index contributed by atoms with van der Waals surface area (Å²) in [6.45, 7) is 0. The number of rotatable bonds is 8. The van der Waals surface area contributed by atoms with E-state index in [9.17, 15) is 4.79 Å². The Balaban J connectivity index is 2.01. The van der Waals surface area contributed by atoms with Gasteiger partial charge in [-0.3, -0.25) is 4.79 Å². The lowest BCUT2D eigenvalue weighted by atomic mass is 10.1. The minimum atomic E-state index is -0.409. The predicted octanol–water partition coefficient (Wildman–Crippen LogP) is 2.79. The van der Waals surface area contributed by atoms with Crippen LogP contribution in [0.2, 0.25) is 0 Å². The van der Waals surface area contributed by atoms with E-state index in [4.69, 9.17) is 10.5 Å². The van der Waals surface area contributed by atoms with Crippen molar-refractivity contribution in [2.75, 3.05) is 7.11 Å². The van der Waals surface area contributed by atoms with Crippen molar-refractivity contribution in [3.05, 3.63) is 12.2 Å². The Hall–Kier alpha value is -0.830. The molecule has 3 nitrogen and oxygen atoms in total. The lowest BCUT2D eigenvalue weighted by Gasteiger charge is -2.10. The highest BCUT2D eigenvalue weighted by Crippen LogP contribution is 2.25. The SMILES string of the molecule is COC(CCCC/C=C/C1CCCC1)C(N)=O. The molecule has 17 heavy (non-hydrogen) atoms. The van der Waals surface area contributed by atoms with Gasteiger partial charge in [0.2, 0.25) is 5.91 Å². The van der Waals surface area contributed by atoms with Crippen LogP contribution in [0.1, 0.15) is 51.4 Å². The molecular weight excluding hydrogens is 214 g/mol. The second kappa shape index (κ2) is 8.29. The highest BCUT2D eigenvalue weighted by Gasteiger charge is 2.13. The topological polar surface area (TPSA) is 52.3 Å². The van der Waals surface area contributed by atoms with E-state index in [1.807, 2.05) is 0 Å². The van der Waals surface area contributed by atoms with Crippen LogP contribution in [0.5, 0.6) is 0 Å². The van der Waals surface area contributed by atoms with Crippen LogP contribution in [0.15, 0.2) is 12.2 Å². The van der Waals surface area contributed by atoms with Gasteiger partial charge in [0, 0.05) is 7.11 Å². The highest BCUT2D eigenvalue weighted by molar-refractivity contribution is 5.78. The van der Waals surface area contributed by atoms with E-state index < -0.39 is 6.10 Å². The lowest BCUT2D eigenvalue weighted by Crippen LogP contribution is -2.29. The first-order valence-corrected chi connectivity index (χ1v) is 6.73. The van der Waals surface area contributed by atoms with Gasteiger partial charge >= 0.3 is 0 Å². The Kier molecular flexibility index (Phi) is 6.94. The maximum absolute atomic E-state index is 10.9. The molecule has 1 aliphatic carbocycles. The van der Waals surface area contributed by atoms with Gasteiger partial charge in [-0.1, -0.05) is 31.4 Å². The Labute approximate surface area is 104 Å². The van der Waals surface area contributed by atoms with Gasteiger partial charge in [0.25, 0.3) is 0 Å². The van der Waals surface area contributed by atoms with E-state index in [-0.39, 0.29) is 5.91 Å². The van der Waals surface area contributed by atoms with Crippen molar-refractivity contribution >= 4 is 5.91 Å². The summed E-state index contributed by atoms with van der Waals surface area (Å²) in [6.07, 6.45) is 13.7. The molecule has 0 aliphatic heterocycles. The number of ether oxygens (including phenoxy) is 1. The lowest BCUT2D eigenvalue weighted by molar-refractivity contribution is -0.128. The molecule has 0 aromatic carbocycles. The third-order valence-electron chi connectivity index (χ3n) is 3.50. The van der Waals surface area contributed by atoms with Gasteiger partial charge < -0.3 is 10.5 Å². The first-order chi connectivity index (χ1) is 8.24. The standard InChI is InChI=1S/C14H25NO2/c1-17-13(14(15)16)11-5-3-2-4-8-12-9-6-7-10-12/h4,8,12-13H,2-3,5-7,9-11H2,1H3,(H2,15,16)/b8-4+. The Bertz CT molecular complexity index is 245. The van der Waals surface area contributed by atoms with Gasteiger partial charge in [0.1, 0.15) is 6.10 Å². The molecule has 1 amide bonds. The summed E-state index contributed by atoms with van der Waals surface area (Å²) >= 11 is 0. The number of nitrogens with two attached hydrogens (primary N) is 1. The number of allylic oxidation sites excluding steroid dienone is 2. The Morgan fingerprint density at radius 3 is 2.71 bits per heavy atom. The van der Waals surface area contributed by atoms with E-state index in [2.05, 4.69) is 12.2 Å². The summed E-state index contributed by atoms with van der Waals surface area (Å²) in [4.78, 5) is 10.9. The second-order valence-corrected chi connectivity index (χ2v) is 4.88. The number of carbonyl (C=O) groups excluding carboxylic acids is 1. The van der Waals surface area contributed by atoms with Crippen molar-refractivity contribution in [2.24, 2.45) is 11.7 Å². The number of amides is 1. The fraction of sp³-hybridized carbons (Fsp3) is 0.786. The molecule has 0 aromatic heterocycles. The number of methoxy groups -OCH3 is 1. The quantitative estimate of drug-likeness (QED) is 0.523. The van der Waals surface area contributed by atoms with E-state index in [0.717, 1.165) is 31.6 Å². The third kappa shape index (κ3) is 5.87. The average Bonchev–Trinajstić information content (AvgIpc) is 2.80. The van der Waals surface area contributed by atoms with E-state index in [1.54, 1.807) is 0 Å². The fourth-order valence-corrected chi connectivity index (χ4v) is 2.41. The van der Waals surface area contributed by atoms with Crippen molar-refractivity contribution in [1.82, 2.24) is 0 Å². The number of hydrogen-bond acceptors (Lipinski definition) is 2. The van der Waals surface area contributed by atoms with Crippen molar-refractivity contribution in [3.8, 4) is 0 Å². The molecule has 0 spiro atoms. The van der Waals surface area contributed by atoms with Crippen LogP contribution in [-0.4, -0.2) is 19.1 Å². The van der Waals surface area contributed by atoms with Gasteiger partial charge in [-0.15, -0.1) is 0 Å². The summed E-state index contributed by atoms with van der Waals surface area (Å²) < 4.78 is 5.01. The molecule has 0 heterocycles. The molecule has 0 radical (unpaired) electrons. The van der Waals surface area contributed by atoms with Crippen molar-refractivity contribution in [2.45, 2.75) is 57.5 Å². The maximum Gasteiger partial charge on any atom is 0.246 e. The van der Waals surface area contributed by atoms with Crippen LogP contribution in [0.25, 0.3) is 0 Å². The summed E-state index contributed by atoms with van der Waals surface area (Å²) in [5.41, 5.74) is 5.19. The monoisotopic (exact) mass is 239 g/mol. The zero-order valence-corrected chi connectivity index (χ0v) is 10.9. The predicted molar refractivity (Wildman–Crippen MR) is 69.6 cm³/mol. The van der Waals surface area contributed by atoms with Crippen LogP contribution in [0.3, 0.4) is 0 Å². The fourth-order valence-electron chi connectivity index (χ4n) is 2.41. The number of hydrogen-bond donors (Lipinski definition) is 1. The van der Waals surface area contributed by atoms with Crippen molar-refractivity contribution in [1.29, 1.82) is 0 Å². The summed E-state index contributed by atoms with van der Waals surface area (Å²) in [6, 6.07) is 0. The molecule has 98 valence electrons.